The Hall–Kier alpha value is -4.61. The minimum atomic E-state index is -1.37. The van der Waals surface area contributed by atoms with Gasteiger partial charge >= 0.3 is 11.9 Å². The number of carboxylic acids is 2. The molecule has 0 atom stereocenters. The molecule has 232 valence electrons. The molecule has 2 aromatic carbocycles. The molecule has 0 spiro atoms. The highest BCUT2D eigenvalue weighted by Crippen LogP contribution is 2.31. The van der Waals surface area contributed by atoms with Crippen LogP contribution in [0.4, 0.5) is 0 Å². The highest BCUT2D eigenvalue weighted by atomic mass is 16.5. The van der Waals surface area contributed by atoms with Crippen molar-refractivity contribution in [2.24, 2.45) is 11.0 Å². The van der Waals surface area contributed by atoms with E-state index in [9.17, 15) is 14.7 Å². The van der Waals surface area contributed by atoms with E-state index in [1.165, 1.54) is 16.4 Å². The Labute approximate surface area is 257 Å². The number of ether oxygens (including phenoxy) is 2. The summed E-state index contributed by atoms with van der Waals surface area (Å²) in [5, 5.41) is 24.2. The molecule has 3 heterocycles. The molecular formula is C33H39N5O6. The Bertz CT molecular complexity index is 1390. The molecule has 0 aromatic heterocycles. The van der Waals surface area contributed by atoms with Gasteiger partial charge in [-0.15, -0.1) is 5.10 Å². The molecule has 2 aromatic rings. The summed E-state index contributed by atoms with van der Waals surface area (Å²) in [5.74, 6) is -1.75. The molecule has 3 N–H and O–H groups in total. The van der Waals surface area contributed by atoms with E-state index in [-0.39, 0.29) is 18.1 Å². The van der Waals surface area contributed by atoms with E-state index in [0.717, 1.165) is 55.6 Å². The summed E-state index contributed by atoms with van der Waals surface area (Å²) in [5.41, 5.74) is 5.84. The van der Waals surface area contributed by atoms with Gasteiger partial charge in [0.25, 0.3) is 0 Å². The number of allylic oxidation sites excluding steroid dienone is 2. The highest BCUT2D eigenvalue weighted by Gasteiger charge is 2.33. The van der Waals surface area contributed by atoms with Crippen molar-refractivity contribution in [3.05, 3.63) is 107 Å². The van der Waals surface area contributed by atoms with E-state index in [0.29, 0.717) is 24.4 Å². The Kier molecular flexibility index (Phi) is 9.98. The summed E-state index contributed by atoms with van der Waals surface area (Å²) in [4.78, 5) is 26.6. The van der Waals surface area contributed by atoms with Crippen molar-refractivity contribution in [3.8, 4) is 0 Å². The van der Waals surface area contributed by atoms with Gasteiger partial charge in [-0.2, -0.15) is 5.12 Å². The van der Waals surface area contributed by atoms with Crippen LogP contribution in [0.5, 0.6) is 0 Å². The SMILES string of the molecule is CC(C)C1=C(OCCCN2CCC(OC(c3ccccc3)c3ccccc3)CC2)NN2N=CN(/C(=C/C(=O)O)C(=O)O)C2=C1. The van der Waals surface area contributed by atoms with E-state index >= 15 is 0 Å². The largest absolute Gasteiger partial charge is 0.478 e. The number of hydrogen-bond donors (Lipinski definition) is 3. The van der Waals surface area contributed by atoms with Crippen LogP contribution < -0.4 is 5.43 Å². The van der Waals surface area contributed by atoms with Gasteiger partial charge in [-0.05, 0) is 42.4 Å². The van der Waals surface area contributed by atoms with Crippen molar-refractivity contribution >= 4 is 18.3 Å². The Morgan fingerprint density at radius 1 is 1.02 bits per heavy atom. The van der Waals surface area contributed by atoms with Gasteiger partial charge in [-0.3, -0.25) is 4.90 Å². The van der Waals surface area contributed by atoms with Gasteiger partial charge in [0.1, 0.15) is 18.1 Å². The molecule has 1 saturated heterocycles. The fraction of sp³-hybridized carbons (Fsp3) is 0.364. The van der Waals surface area contributed by atoms with Crippen LogP contribution in [0, 0.1) is 5.92 Å². The first kappa shape index (κ1) is 30.8. The number of piperidine rings is 1. The van der Waals surface area contributed by atoms with Gasteiger partial charge in [-0.25, -0.2) is 15.0 Å². The summed E-state index contributed by atoms with van der Waals surface area (Å²) in [6, 6.07) is 20.8. The number of hydrazone groups is 1. The summed E-state index contributed by atoms with van der Waals surface area (Å²) >= 11 is 0. The van der Waals surface area contributed by atoms with E-state index in [4.69, 9.17) is 14.6 Å². The lowest BCUT2D eigenvalue weighted by atomic mass is 10.00. The van der Waals surface area contributed by atoms with Crippen LogP contribution in [0.15, 0.2) is 101 Å². The molecule has 0 amide bonds. The average Bonchev–Trinajstić information content (AvgIpc) is 3.44. The van der Waals surface area contributed by atoms with Crippen LogP contribution in [0.1, 0.15) is 50.3 Å². The summed E-state index contributed by atoms with van der Waals surface area (Å²) < 4.78 is 12.8. The maximum Gasteiger partial charge on any atom is 0.353 e. The Morgan fingerprint density at radius 2 is 1.66 bits per heavy atom. The van der Waals surface area contributed by atoms with Crippen molar-refractivity contribution in [2.45, 2.75) is 45.3 Å². The van der Waals surface area contributed by atoms with Crippen LogP contribution in [0.3, 0.4) is 0 Å². The predicted molar refractivity (Wildman–Crippen MR) is 164 cm³/mol. The smallest absolute Gasteiger partial charge is 0.353 e. The quantitative estimate of drug-likeness (QED) is 0.223. The van der Waals surface area contributed by atoms with Gasteiger partial charge < -0.3 is 24.6 Å². The number of fused-ring (bicyclic) bond motifs is 1. The van der Waals surface area contributed by atoms with Crippen LogP contribution in [0.2, 0.25) is 0 Å². The van der Waals surface area contributed by atoms with Crippen molar-refractivity contribution in [3.63, 3.8) is 0 Å². The molecule has 0 radical (unpaired) electrons. The third-order valence-corrected chi connectivity index (χ3v) is 7.79. The molecule has 5 rings (SSSR count). The number of hydrazine groups is 1. The summed E-state index contributed by atoms with van der Waals surface area (Å²) in [6.45, 7) is 7.31. The number of benzene rings is 2. The maximum absolute atomic E-state index is 11.7. The Morgan fingerprint density at radius 3 is 2.23 bits per heavy atom. The highest BCUT2D eigenvalue weighted by molar-refractivity contribution is 5.97. The molecule has 0 saturated carbocycles. The first-order chi connectivity index (χ1) is 21.3. The van der Waals surface area contributed by atoms with Crippen molar-refractivity contribution in [1.82, 2.24) is 20.3 Å². The van der Waals surface area contributed by atoms with E-state index in [1.54, 1.807) is 6.08 Å². The zero-order valence-corrected chi connectivity index (χ0v) is 25.0. The predicted octanol–water partition coefficient (Wildman–Crippen LogP) is 4.50. The molecule has 0 unspecified atom stereocenters. The van der Waals surface area contributed by atoms with Crippen molar-refractivity contribution < 1.29 is 29.3 Å². The first-order valence-electron chi connectivity index (χ1n) is 14.9. The zero-order valence-electron chi connectivity index (χ0n) is 25.0. The van der Waals surface area contributed by atoms with E-state index in [2.05, 4.69) is 64.0 Å². The minimum Gasteiger partial charge on any atom is -0.478 e. The van der Waals surface area contributed by atoms with Crippen LogP contribution in [-0.2, 0) is 19.1 Å². The number of rotatable bonds is 13. The third kappa shape index (κ3) is 7.47. The normalized spacial score (nSPS) is 17.6. The van der Waals surface area contributed by atoms with Gasteiger partial charge in [0.15, 0.2) is 5.82 Å². The van der Waals surface area contributed by atoms with Gasteiger partial charge in [0.2, 0.25) is 5.88 Å². The summed E-state index contributed by atoms with van der Waals surface area (Å²) in [6.07, 6.45) is 6.53. The molecule has 3 aliphatic heterocycles. The number of hydrogen-bond acceptors (Lipinski definition) is 9. The molecule has 11 nitrogen and oxygen atoms in total. The topological polar surface area (TPSA) is 127 Å². The molecule has 11 heteroatoms. The fourth-order valence-corrected chi connectivity index (χ4v) is 5.52. The molecule has 44 heavy (non-hydrogen) atoms. The number of nitrogens with zero attached hydrogens (tertiary/aromatic N) is 4. The minimum absolute atomic E-state index is 0.0564. The fourth-order valence-electron chi connectivity index (χ4n) is 5.52. The van der Waals surface area contributed by atoms with Crippen LogP contribution >= 0.6 is 0 Å². The maximum atomic E-state index is 11.7. The molecular weight excluding hydrogens is 562 g/mol. The average molecular weight is 602 g/mol. The number of likely N-dealkylation sites (tertiary alicyclic amines) is 1. The van der Waals surface area contributed by atoms with E-state index in [1.807, 2.05) is 26.0 Å². The molecule has 1 fully saturated rings. The van der Waals surface area contributed by atoms with Crippen molar-refractivity contribution in [2.75, 3.05) is 26.2 Å². The van der Waals surface area contributed by atoms with Crippen LogP contribution in [0.25, 0.3) is 0 Å². The second-order valence-electron chi connectivity index (χ2n) is 11.2. The third-order valence-electron chi connectivity index (χ3n) is 7.79. The van der Waals surface area contributed by atoms with Crippen molar-refractivity contribution in [1.29, 1.82) is 0 Å². The van der Waals surface area contributed by atoms with Gasteiger partial charge in [-0.1, -0.05) is 74.5 Å². The molecule has 3 aliphatic rings. The number of aliphatic carboxylic acids is 2. The lowest BCUT2D eigenvalue weighted by molar-refractivity contribution is -0.136. The monoisotopic (exact) mass is 601 g/mol. The number of carboxylic acid groups (broad SMARTS) is 2. The van der Waals surface area contributed by atoms with Gasteiger partial charge in [0, 0.05) is 25.2 Å². The molecule has 0 bridgehead atoms. The zero-order chi connectivity index (χ0) is 31.1. The number of carbonyl (C=O) groups is 2. The molecule has 0 aliphatic carbocycles. The first-order valence-corrected chi connectivity index (χ1v) is 14.9. The number of nitrogens with one attached hydrogen (secondary N) is 1. The second-order valence-corrected chi connectivity index (χ2v) is 11.2. The standard InChI is InChI=1S/C33H39N5O6/c1-23(2)27-20-29-37(28(33(41)42)21-30(39)40)22-34-38(29)35-32(27)43-19-9-16-36-17-14-26(15-18-36)44-31(24-10-5-3-6-11-24)25-12-7-4-8-13-25/h3-8,10-13,20-23,26,31,35H,9,14-19H2,1-2H3,(H,39,40)(H,41,42)/b28-21+. The van der Waals surface area contributed by atoms with Gasteiger partial charge in [0.05, 0.1) is 18.8 Å². The van der Waals surface area contributed by atoms with Crippen LogP contribution in [-0.4, -0.2) is 75.8 Å². The lowest BCUT2D eigenvalue weighted by Gasteiger charge is -2.34. The second kappa shape index (κ2) is 14.2. The summed E-state index contributed by atoms with van der Waals surface area (Å²) in [7, 11) is 0. The Balaban J connectivity index is 1.13. The lowest BCUT2D eigenvalue weighted by Crippen LogP contribution is -2.40. The van der Waals surface area contributed by atoms with E-state index < -0.39 is 17.6 Å².